The van der Waals surface area contributed by atoms with E-state index >= 15 is 0 Å². The van der Waals surface area contributed by atoms with Crippen LogP contribution in [0.3, 0.4) is 0 Å². The summed E-state index contributed by atoms with van der Waals surface area (Å²) in [6.07, 6.45) is 6.50. The fraction of sp³-hybridized carbons (Fsp3) is 0.667. The van der Waals surface area contributed by atoms with Gasteiger partial charge in [0.05, 0.1) is 18.6 Å². The third kappa shape index (κ3) is 8.95. The maximum absolute atomic E-state index is 12.2. The lowest BCUT2D eigenvalue weighted by atomic mass is 9.99. The van der Waals surface area contributed by atoms with Gasteiger partial charge in [0.15, 0.2) is 0 Å². The molecule has 0 aliphatic carbocycles. The third-order valence-corrected chi connectivity index (χ3v) is 5.93. The highest BCUT2D eigenvalue weighted by Gasteiger charge is 2.18. The Morgan fingerprint density at radius 3 is 2.36 bits per heavy atom. The highest BCUT2D eigenvalue weighted by Crippen LogP contribution is 2.22. The topological polar surface area (TPSA) is 75.7 Å². The number of anilines is 1. The largest absolute Gasteiger partial charge is 0.494 e. The fourth-order valence-electron chi connectivity index (χ4n) is 3.03. The predicted molar refractivity (Wildman–Crippen MR) is 115 cm³/mol. The van der Waals surface area contributed by atoms with E-state index in [9.17, 15) is 13.2 Å². The molecule has 0 radical (unpaired) electrons. The zero-order valence-corrected chi connectivity index (χ0v) is 18.6. The number of unbranched alkanes of at least 4 members (excludes halogenated alkanes) is 1. The van der Waals surface area contributed by atoms with Crippen LogP contribution in [0.2, 0.25) is 0 Å². The van der Waals surface area contributed by atoms with Gasteiger partial charge < -0.3 is 10.1 Å². The summed E-state index contributed by atoms with van der Waals surface area (Å²) >= 11 is 0. The molecule has 0 aromatic heterocycles. The van der Waals surface area contributed by atoms with E-state index in [4.69, 9.17) is 4.74 Å². The summed E-state index contributed by atoms with van der Waals surface area (Å²) in [5, 5.41) is 2.99. The normalized spacial score (nSPS) is 12.4. The molecular weight excluding hydrogens is 376 g/mol. The number of hydrogen-bond donors (Lipinski definition) is 1. The number of nitrogens with zero attached hydrogens (tertiary/aromatic N) is 1. The molecule has 1 rings (SSSR count). The predicted octanol–water partition coefficient (Wildman–Crippen LogP) is 3.96. The number of nitrogens with one attached hydrogen (secondary N) is 1. The van der Waals surface area contributed by atoms with Gasteiger partial charge in [-0.1, -0.05) is 33.1 Å². The first-order valence-electron chi connectivity index (χ1n) is 10.3. The van der Waals surface area contributed by atoms with Crippen molar-refractivity contribution in [2.24, 2.45) is 5.92 Å². The lowest BCUT2D eigenvalue weighted by molar-refractivity contribution is -0.121. The van der Waals surface area contributed by atoms with Crippen LogP contribution in [-0.2, 0) is 14.8 Å². The minimum atomic E-state index is -3.42. The highest BCUT2D eigenvalue weighted by atomic mass is 32.2. The van der Waals surface area contributed by atoms with Crippen LogP contribution in [-0.4, -0.2) is 40.3 Å². The molecule has 0 spiro atoms. The van der Waals surface area contributed by atoms with Crippen molar-refractivity contribution in [3.63, 3.8) is 0 Å². The molecule has 1 unspecified atom stereocenters. The van der Waals surface area contributed by atoms with Crippen LogP contribution in [0, 0.1) is 5.92 Å². The minimum absolute atomic E-state index is 0.0184. The van der Waals surface area contributed by atoms with Crippen molar-refractivity contribution >= 4 is 21.6 Å². The molecule has 0 heterocycles. The summed E-state index contributed by atoms with van der Waals surface area (Å²) in [4.78, 5) is 12.1. The number of amides is 1. The van der Waals surface area contributed by atoms with E-state index in [0.29, 0.717) is 43.3 Å². The van der Waals surface area contributed by atoms with Crippen LogP contribution in [0.15, 0.2) is 24.3 Å². The van der Waals surface area contributed by atoms with Gasteiger partial charge in [0.1, 0.15) is 5.75 Å². The second-order valence-electron chi connectivity index (χ2n) is 7.09. The van der Waals surface area contributed by atoms with Gasteiger partial charge in [0.25, 0.3) is 0 Å². The van der Waals surface area contributed by atoms with Gasteiger partial charge in [-0.25, -0.2) is 8.42 Å². The molecule has 0 fully saturated rings. The Hall–Kier alpha value is -1.76. The first kappa shape index (κ1) is 24.3. The van der Waals surface area contributed by atoms with Crippen LogP contribution in [0.1, 0.15) is 59.3 Å². The lowest BCUT2D eigenvalue weighted by Crippen LogP contribution is -2.33. The number of carbonyl (C=O) groups is 1. The molecule has 1 aromatic carbocycles. The van der Waals surface area contributed by atoms with Gasteiger partial charge in [-0.3, -0.25) is 9.10 Å². The molecule has 28 heavy (non-hydrogen) atoms. The SMILES string of the molecule is CCCCC(CC)CNC(=O)CCCN(c1ccc(OCC)cc1)S(C)(=O)=O. The lowest BCUT2D eigenvalue weighted by Gasteiger charge is -2.22. The van der Waals surface area contributed by atoms with Crippen LogP contribution in [0.4, 0.5) is 5.69 Å². The number of rotatable bonds is 14. The molecular formula is C21H36N2O4S. The summed E-state index contributed by atoms with van der Waals surface area (Å²) in [6, 6.07) is 6.97. The number of ether oxygens (including phenoxy) is 1. The van der Waals surface area contributed by atoms with Crippen molar-refractivity contribution in [1.29, 1.82) is 0 Å². The number of sulfonamides is 1. The second-order valence-corrected chi connectivity index (χ2v) is 8.99. The quantitative estimate of drug-likeness (QED) is 0.502. The summed E-state index contributed by atoms with van der Waals surface area (Å²) in [5.41, 5.74) is 0.581. The Bertz CT molecular complexity index is 674. The van der Waals surface area contributed by atoms with E-state index in [0.717, 1.165) is 19.3 Å². The molecule has 1 amide bonds. The monoisotopic (exact) mass is 412 g/mol. The van der Waals surface area contributed by atoms with Crippen LogP contribution in [0.25, 0.3) is 0 Å². The van der Waals surface area contributed by atoms with Crippen LogP contribution < -0.4 is 14.4 Å². The van der Waals surface area contributed by atoms with Gasteiger partial charge in [0, 0.05) is 19.5 Å². The van der Waals surface area contributed by atoms with E-state index in [1.54, 1.807) is 24.3 Å². The Kier molecular flexibility index (Phi) is 11.0. The van der Waals surface area contributed by atoms with Crippen molar-refractivity contribution in [3.05, 3.63) is 24.3 Å². The van der Waals surface area contributed by atoms with E-state index in [-0.39, 0.29) is 12.5 Å². The number of carbonyl (C=O) groups excluding carboxylic acids is 1. The van der Waals surface area contributed by atoms with E-state index < -0.39 is 10.0 Å². The third-order valence-electron chi connectivity index (χ3n) is 4.73. The zero-order valence-electron chi connectivity index (χ0n) is 17.7. The molecule has 1 aromatic rings. The number of benzene rings is 1. The molecule has 0 bridgehead atoms. The zero-order chi connectivity index (χ0) is 21.0. The Morgan fingerprint density at radius 1 is 1.14 bits per heavy atom. The second kappa shape index (κ2) is 12.6. The van der Waals surface area contributed by atoms with E-state index in [1.807, 2.05) is 6.92 Å². The van der Waals surface area contributed by atoms with Gasteiger partial charge in [-0.05, 0) is 49.9 Å². The van der Waals surface area contributed by atoms with Crippen LogP contribution in [0.5, 0.6) is 5.75 Å². The standard InChI is InChI=1S/C21H36N2O4S/c1-5-8-10-18(6-2)17-22-21(24)11-9-16-23(28(4,25)26)19-12-14-20(15-13-19)27-7-3/h12-15,18H,5-11,16-17H2,1-4H3,(H,22,24). The van der Waals surface area contributed by atoms with Crippen molar-refractivity contribution in [1.82, 2.24) is 5.32 Å². The maximum Gasteiger partial charge on any atom is 0.232 e. The molecule has 0 aliphatic rings. The first-order chi connectivity index (χ1) is 13.3. The molecule has 6 nitrogen and oxygen atoms in total. The first-order valence-corrected chi connectivity index (χ1v) is 12.1. The molecule has 1 atom stereocenters. The van der Waals surface area contributed by atoms with E-state index in [1.165, 1.54) is 17.0 Å². The smallest absolute Gasteiger partial charge is 0.232 e. The fourth-order valence-corrected chi connectivity index (χ4v) is 4.00. The summed E-state index contributed by atoms with van der Waals surface area (Å²) in [7, 11) is -3.42. The maximum atomic E-state index is 12.2. The average Bonchev–Trinajstić information content (AvgIpc) is 2.65. The summed E-state index contributed by atoms with van der Waals surface area (Å²) in [5.74, 6) is 1.20. The number of hydrogen-bond acceptors (Lipinski definition) is 4. The van der Waals surface area contributed by atoms with Gasteiger partial charge in [-0.15, -0.1) is 0 Å². The Morgan fingerprint density at radius 2 is 1.82 bits per heavy atom. The average molecular weight is 413 g/mol. The van der Waals surface area contributed by atoms with Gasteiger partial charge >= 0.3 is 0 Å². The highest BCUT2D eigenvalue weighted by molar-refractivity contribution is 7.92. The molecule has 0 aliphatic heterocycles. The van der Waals surface area contributed by atoms with Crippen molar-refractivity contribution in [2.45, 2.75) is 59.3 Å². The van der Waals surface area contributed by atoms with Crippen molar-refractivity contribution in [3.8, 4) is 5.75 Å². The minimum Gasteiger partial charge on any atom is -0.494 e. The van der Waals surface area contributed by atoms with E-state index in [2.05, 4.69) is 19.2 Å². The molecule has 160 valence electrons. The summed E-state index contributed by atoms with van der Waals surface area (Å²) < 4.78 is 31.1. The summed E-state index contributed by atoms with van der Waals surface area (Å²) in [6.45, 7) is 7.74. The Balaban J connectivity index is 2.54. The molecule has 1 N–H and O–H groups in total. The van der Waals surface area contributed by atoms with Gasteiger partial charge in [-0.2, -0.15) is 0 Å². The van der Waals surface area contributed by atoms with Gasteiger partial charge in [0.2, 0.25) is 15.9 Å². The van der Waals surface area contributed by atoms with Crippen molar-refractivity contribution in [2.75, 3.05) is 30.3 Å². The Labute approximate surface area is 170 Å². The molecule has 7 heteroatoms. The van der Waals surface area contributed by atoms with Crippen LogP contribution >= 0.6 is 0 Å². The molecule has 0 saturated heterocycles. The molecule has 0 saturated carbocycles. The van der Waals surface area contributed by atoms with Crippen molar-refractivity contribution < 1.29 is 17.9 Å².